The largest absolute Gasteiger partial charge is 0.391 e. The van der Waals surface area contributed by atoms with Crippen molar-refractivity contribution in [2.75, 3.05) is 13.1 Å². The molecule has 4 saturated carbocycles. The van der Waals surface area contributed by atoms with E-state index in [2.05, 4.69) is 24.0 Å². The lowest BCUT2D eigenvalue weighted by atomic mass is 9.44. The van der Waals surface area contributed by atoms with Gasteiger partial charge in [0.15, 0.2) is 12.0 Å². The summed E-state index contributed by atoms with van der Waals surface area (Å²) in [6.45, 7) is 10.9. The summed E-state index contributed by atoms with van der Waals surface area (Å²) in [5.41, 5.74) is 2.21. The predicted octanol–water partition coefficient (Wildman–Crippen LogP) is 4.45. The number of allylic oxidation sites excluding steroid dienone is 1. The minimum Gasteiger partial charge on any atom is -0.391 e. The number of carbonyl (C=O) groups is 1. The van der Waals surface area contributed by atoms with Crippen molar-refractivity contribution in [1.29, 1.82) is 0 Å². The van der Waals surface area contributed by atoms with Crippen LogP contribution in [0.2, 0.25) is 0 Å². The number of hydrogen-bond acceptors (Lipinski definition) is 4. The van der Waals surface area contributed by atoms with Gasteiger partial charge >= 0.3 is 0 Å². The van der Waals surface area contributed by atoms with Gasteiger partial charge in [-0.25, -0.2) is 4.39 Å². The van der Waals surface area contributed by atoms with E-state index >= 15 is 0 Å². The Kier molecular flexibility index (Phi) is 4.69. The summed E-state index contributed by atoms with van der Waals surface area (Å²) in [4.78, 5) is 18.4. The number of Topliss-reactive ketones (excluding diaryl/α,β-unsaturated/α-hetero) is 1. The van der Waals surface area contributed by atoms with Gasteiger partial charge < -0.3 is 10.2 Å². The van der Waals surface area contributed by atoms with Crippen molar-refractivity contribution in [1.82, 2.24) is 5.32 Å². The third-order valence-electron chi connectivity index (χ3n) is 9.51. The fourth-order valence-corrected chi connectivity index (χ4v) is 7.75. The molecule has 5 rings (SSSR count). The van der Waals surface area contributed by atoms with E-state index in [0.717, 1.165) is 58.0 Å². The van der Waals surface area contributed by atoms with Crippen molar-refractivity contribution < 1.29 is 14.0 Å². The number of hydrogen-bond donors (Lipinski definition) is 1. The fraction of sp³-hybridized carbons (Fsp3) is 0.833. The molecule has 0 radical (unpaired) electrons. The molecule has 0 bridgehead atoms. The molecular weight excluding hydrogens is 367 g/mol. The van der Waals surface area contributed by atoms with Crippen LogP contribution in [0.4, 0.5) is 4.39 Å². The van der Waals surface area contributed by atoms with Crippen molar-refractivity contribution >= 4 is 11.5 Å². The summed E-state index contributed by atoms with van der Waals surface area (Å²) in [6.07, 6.45) is 6.30. The first-order valence-corrected chi connectivity index (χ1v) is 11.6. The Labute approximate surface area is 173 Å². The highest BCUT2D eigenvalue weighted by molar-refractivity contribution is 5.91. The van der Waals surface area contributed by atoms with Gasteiger partial charge in [0.2, 0.25) is 0 Å². The first-order valence-electron chi connectivity index (χ1n) is 11.6. The summed E-state index contributed by atoms with van der Waals surface area (Å²) in [5.74, 6) is 1.47. The minimum absolute atomic E-state index is 0.129. The molecule has 0 aromatic heterocycles. The second-order valence-corrected chi connectivity index (χ2v) is 10.9. The number of fused-ring (bicyclic) bond motifs is 5. The van der Waals surface area contributed by atoms with Gasteiger partial charge in [-0.2, -0.15) is 0 Å². The molecule has 1 aliphatic heterocycles. The normalized spacial score (nSPS) is 50.9. The number of nitrogens with zero attached hydrogens (tertiary/aromatic N) is 1. The second-order valence-electron chi connectivity index (χ2n) is 10.9. The number of halogens is 1. The van der Waals surface area contributed by atoms with Gasteiger partial charge in [-0.15, -0.1) is 0 Å². The molecule has 0 amide bonds. The smallest absolute Gasteiger partial charge is 0.173 e. The zero-order valence-corrected chi connectivity index (χ0v) is 17.9. The standard InChI is InChI=1S/C24H35FN2O2/c1-14-10-17-18(5-8-24(3)20(17)12-21(25)22(24)28)23(2)7-4-15(11-19(14)23)27-29-16-6-9-26-13-16/h16-21,26H,1,4-13H2,2-3H3/t16-,17?,18?,19-,20?,21-,23-,24+/m1/s1. The third-order valence-corrected chi connectivity index (χ3v) is 9.51. The first-order chi connectivity index (χ1) is 13.8. The number of nitrogens with one attached hydrogen (secondary N) is 1. The van der Waals surface area contributed by atoms with E-state index in [4.69, 9.17) is 4.84 Å². The van der Waals surface area contributed by atoms with Crippen LogP contribution in [0.15, 0.2) is 17.3 Å². The third kappa shape index (κ3) is 2.94. The van der Waals surface area contributed by atoms with Gasteiger partial charge in [0.25, 0.3) is 0 Å². The highest BCUT2D eigenvalue weighted by Gasteiger charge is 2.63. The Morgan fingerprint density at radius 1 is 1.21 bits per heavy atom. The lowest BCUT2D eigenvalue weighted by Crippen LogP contribution is -2.54. The number of alkyl halides is 1. The van der Waals surface area contributed by atoms with E-state index in [9.17, 15) is 9.18 Å². The molecule has 5 aliphatic rings. The maximum Gasteiger partial charge on any atom is 0.173 e. The van der Waals surface area contributed by atoms with E-state index in [0.29, 0.717) is 24.2 Å². The predicted molar refractivity (Wildman–Crippen MR) is 111 cm³/mol. The summed E-state index contributed by atoms with van der Waals surface area (Å²) in [5, 5.41) is 7.87. The van der Waals surface area contributed by atoms with Crippen LogP contribution in [0.3, 0.4) is 0 Å². The molecular formula is C24H35FN2O2. The Morgan fingerprint density at radius 2 is 2.03 bits per heavy atom. The average Bonchev–Trinajstić information content (AvgIpc) is 3.29. The van der Waals surface area contributed by atoms with Crippen molar-refractivity contribution in [2.45, 2.75) is 77.5 Å². The quantitative estimate of drug-likeness (QED) is 0.548. The van der Waals surface area contributed by atoms with Crippen molar-refractivity contribution in [2.24, 2.45) is 39.7 Å². The zero-order chi connectivity index (χ0) is 20.4. The number of ketones is 1. The lowest BCUT2D eigenvalue weighted by Gasteiger charge is -2.60. The van der Waals surface area contributed by atoms with Crippen LogP contribution in [-0.2, 0) is 9.63 Å². The van der Waals surface area contributed by atoms with E-state index in [1.54, 1.807) is 0 Å². The van der Waals surface area contributed by atoms with Crippen LogP contribution >= 0.6 is 0 Å². The maximum absolute atomic E-state index is 14.4. The van der Waals surface area contributed by atoms with Crippen LogP contribution in [0.1, 0.15) is 65.2 Å². The molecule has 1 saturated heterocycles. The molecule has 1 heterocycles. The van der Waals surface area contributed by atoms with Gasteiger partial charge in [0.1, 0.15) is 6.10 Å². The molecule has 4 aliphatic carbocycles. The molecule has 4 nitrogen and oxygen atoms in total. The van der Waals surface area contributed by atoms with Gasteiger partial charge in [0.05, 0.1) is 5.71 Å². The lowest BCUT2D eigenvalue weighted by molar-refractivity contribution is -0.136. The Hall–Kier alpha value is -1.23. The molecule has 1 N–H and O–H groups in total. The van der Waals surface area contributed by atoms with Crippen LogP contribution < -0.4 is 5.32 Å². The maximum atomic E-state index is 14.4. The number of oxime groups is 1. The fourth-order valence-electron chi connectivity index (χ4n) is 7.75. The second kappa shape index (κ2) is 6.90. The van der Waals surface area contributed by atoms with Crippen LogP contribution in [0.5, 0.6) is 0 Å². The molecule has 5 heteroatoms. The average molecular weight is 403 g/mol. The summed E-state index contributed by atoms with van der Waals surface area (Å²) in [6, 6.07) is 0. The Morgan fingerprint density at radius 3 is 2.79 bits per heavy atom. The molecule has 5 fully saturated rings. The monoisotopic (exact) mass is 402 g/mol. The van der Waals surface area contributed by atoms with Gasteiger partial charge in [-0.1, -0.05) is 31.2 Å². The summed E-state index contributed by atoms with van der Waals surface area (Å²) in [7, 11) is 0. The topological polar surface area (TPSA) is 50.7 Å². The Bertz CT molecular complexity index is 745. The molecule has 29 heavy (non-hydrogen) atoms. The number of rotatable bonds is 2. The Balaban J connectivity index is 1.36. The molecule has 0 aromatic carbocycles. The highest BCUT2D eigenvalue weighted by atomic mass is 19.1. The van der Waals surface area contributed by atoms with E-state index < -0.39 is 11.6 Å². The molecule has 160 valence electrons. The molecule has 3 unspecified atom stereocenters. The SMILES string of the molecule is C=C1CC2C3C[C@@H](F)C(=O)[C@@]3(C)CCC2[C@@]2(C)CCC(=NO[C@@H]3CCNC3)C[C@H]12. The van der Waals surface area contributed by atoms with E-state index in [-0.39, 0.29) is 23.2 Å². The van der Waals surface area contributed by atoms with Crippen LogP contribution in [0, 0.1) is 34.5 Å². The molecule has 0 spiro atoms. The molecule has 0 aromatic rings. The minimum atomic E-state index is -1.25. The summed E-state index contributed by atoms with van der Waals surface area (Å²) >= 11 is 0. The van der Waals surface area contributed by atoms with E-state index in [1.165, 1.54) is 11.3 Å². The van der Waals surface area contributed by atoms with Crippen molar-refractivity contribution in [3.05, 3.63) is 12.2 Å². The van der Waals surface area contributed by atoms with Gasteiger partial charge in [-0.3, -0.25) is 4.79 Å². The summed E-state index contributed by atoms with van der Waals surface area (Å²) < 4.78 is 14.4. The van der Waals surface area contributed by atoms with Crippen molar-refractivity contribution in [3.63, 3.8) is 0 Å². The first kappa shape index (κ1) is 19.7. The molecule has 8 atom stereocenters. The zero-order valence-electron chi connectivity index (χ0n) is 17.9. The van der Waals surface area contributed by atoms with E-state index in [1.807, 2.05) is 6.92 Å². The van der Waals surface area contributed by atoms with Crippen LogP contribution in [0.25, 0.3) is 0 Å². The highest BCUT2D eigenvalue weighted by Crippen LogP contribution is 2.66. The van der Waals surface area contributed by atoms with Crippen LogP contribution in [-0.4, -0.2) is 36.9 Å². The van der Waals surface area contributed by atoms with Gasteiger partial charge in [0, 0.05) is 18.4 Å². The van der Waals surface area contributed by atoms with Crippen molar-refractivity contribution in [3.8, 4) is 0 Å². The van der Waals surface area contributed by atoms with Gasteiger partial charge in [-0.05, 0) is 80.6 Å². The number of carbonyl (C=O) groups excluding carboxylic acids is 1.